The van der Waals surface area contributed by atoms with E-state index < -0.39 is 0 Å². The second-order valence-electron chi connectivity index (χ2n) is 4.30. The number of anilines is 1. The van der Waals surface area contributed by atoms with Crippen molar-refractivity contribution in [3.63, 3.8) is 0 Å². The Morgan fingerprint density at radius 2 is 2.14 bits per heavy atom. The van der Waals surface area contributed by atoms with E-state index in [-0.39, 0.29) is 0 Å². The minimum Gasteiger partial charge on any atom is -0.357 e. The predicted molar refractivity (Wildman–Crippen MR) is 56.5 cm³/mol. The molecular weight excluding hydrogens is 196 g/mol. The minimum atomic E-state index is 0.392. The number of rotatable bonds is 3. The molecule has 1 heterocycles. The van der Waals surface area contributed by atoms with Gasteiger partial charge in [0.1, 0.15) is 5.82 Å². The lowest BCUT2D eigenvalue weighted by Gasteiger charge is -2.32. The van der Waals surface area contributed by atoms with Crippen LogP contribution in [0.1, 0.15) is 37.4 Å². The van der Waals surface area contributed by atoms with E-state index in [1.807, 2.05) is 0 Å². The van der Waals surface area contributed by atoms with Crippen molar-refractivity contribution in [3.8, 4) is 0 Å². The topological polar surface area (TPSA) is 63.8 Å². The van der Waals surface area contributed by atoms with Crippen molar-refractivity contribution in [1.29, 1.82) is 0 Å². The Morgan fingerprint density at radius 1 is 1.36 bits per heavy atom. The van der Waals surface area contributed by atoms with E-state index in [1.165, 1.54) is 24.4 Å². The molecule has 0 spiro atoms. The fourth-order valence-corrected chi connectivity index (χ4v) is 2.48. The van der Waals surface area contributed by atoms with Gasteiger partial charge in [0.2, 0.25) is 5.13 Å². The van der Waals surface area contributed by atoms with Crippen molar-refractivity contribution in [2.45, 2.75) is 43.7 Å². The van der Waals surface area contributed by atoms with Crippen molar-refractivity contribution in [2.75, 3.05) is 5.32 Å². The van der Waals surface area contributed by atoms with Crippen LogP contribution in [0, 0.1) is 0 Å². The standard InChI is InChI=1S/C9H14N4S/c10-6-3-7(4-6)11-9-12-8(13-14-9)5-1-2-5/h5-7H,1-4,10H2,(H,11,12,13). The smallest absolute Gasteiger partial charge is 0.202 e. The summed E-state index contributed by atoms with van der Waals surface area (Å²) in [7, 11) is 0. The molecular formula is C9H14N4S. The molecule has 2 aliphatic rings. The van der Waals surface area contributed by atoms with E-state index in [9.17, 15) is 0 Å². The van der Waals surface area contributed by atoms with Gasteiger partial charge in [0, 0.05) is 29.5 Å². The van der Waals surface area contributed by atoms with Crippen LogP contribution in [0.4, 0.5) is 5.13 Å². The Balaban J connectivity index is 1.60. The first-order valence-electron chi connectivity index (χ1n) is 5.17. The molecule has 14 heavy (non-hydrogen) atoms. The van der Waals surface area contributed by atoms with Gasteiger partial charge >= 0.3 is 0 Å². The highest BCUT2D eigenvalue weighted by atomic mass is 32.1. The molecule has 2 saturated carbocycles. The zero-order valence-corrected chi connectivity index (χ0v) is 8.76. The van der Waals surface area contributed by atoms with Crippen LogP contribution in [-0.2, 0) is 0 Å². The van der Waals surface area contributed by atoms with Gasteiger partial charge in [-0.1, -0.05) is 0 Å². The highest BCUT2D eigenvalue weighted by Crippen LogP contribution is 2.39. The molecule has 0 aromatic carbocycles. The minimum absolute atomic E-state index is 0.392. The van der Waals surface area contributed by atoms with Crippen molar-refractivity contribution in [3.05, 3.63) is 5.82 Å². The van der Waals surface area contributed by atoms with Crippen LogP contribution in [0.15, 0.2) is 0 Å². The Kier molecular flexibility index (Phi) is 1.95. The first kappa shape index (κ1) is 8.61. The Hall–Kier alpha value is -0.680. The van der Waals surface area contributed by atoms with Crippen molar-refractivity contribution in [1.82, 2.24) is 9.36 Å². The second-order valence-corrected chi connectivity index (χ2v) is 5.06. The van der Waals surface area contributed by atoms with Crippen molar-refractivity contribution in [2.24, 2.45) is 5.73 Å². The summed E-state index contributed by atoms with van der Waals surface area (Å²) in [6.45, 7) is 0. The van der Waals surface area contributed by atoms with Crippen LogP contribution in [-0.4, -0.2) is 21.4 Å². The maximum absolute atomic E-state index is 5.71. The molecule has 1 aromatic heterocycles. The zero-order valence-electron chi connectivity index (χ0n) is 7.94. The van der Waals surface area contributed by atoms with Gasteiger partial charge in [-0.2, -0.15) is 4.37 Å². The average Bonchev–Trinajstić information content (AvgIpc) is 2.86. The van der Waals surface area contributed by atoms with Crippen molar-refractivity contribution < 1.29 is 0 Å². The van der Waals surface area contributed by atoms with Crippen LogP contribution in [0.2, 0.25) is 0 Å². The number of nitrogens with zero attached hydrogens (tertiary/aromatic N) is 2. The number of aromatic nitrogens is 2. The van der Waals surface area contributed by atoms with Crippen LogP contribution in [0.5, 0.6) is 0 Å². The van der Waals surface area contributed by atoms with Crippen LogP contribution in [0.25, 0.3) is 0 Å². The molecule has 4 nitrogen and oxygen atoms in total. The third kappa shape index (κ3) is 1.62. The summed E-state index contributed by atoms with van der Waals surface area (Å²) in [5.74, 6) is 1.70. The monoisotopic (exact) mass is 210 g/mol. The fourth-order valence-electron chi connectivity index (χ4n) is 1.76. The van der Waals surface area contributed by atoms with Crippen molar-refractivity contribution >= 4 is 16.7 Å². The lowest BCUT2D eigenvalue weighted by molar-refractivity contribution is 0.373. The molecule has 0 saturated heterocycles. The normalized spacial score (nSPS) is 31.2. The summed E-state index contributed by atoms with van der Waals surface area (Å²) in [5, 5.41) is 4.35. The van der Waals surface area contributed by atoms with E-state index in [0.29, 0.717) is 18.0 Å². The van der Waals surface area contributed by atoms with Gasteiger partial charge in [-0.15, -0.1) is 0 Å². The molecule has 0 amide bonds. The molecule has 0 bridgehead atoms. The molecule has 0 aliphatic heterocycles. The van der Waals surface area contributed by atoms with E-state index >= 15 is 0 Å². The number of nitrogens with one attached hydrogen (secondary N) is 1. The maximum atomic E-state index is 5.71. The summed E-state index contributed by atoms with van der Waals surface area (Å²) in [5.41, 5.74) is 5.71. The third-order valence-corrected chi connectivity index (χ3v) is 3.55. The van der Waals surface area contributed by atoms with Crippen LogP contribution < -0.4 is 11.1 Å². The summed E-state index contributed by atoms with van der Waals surface area (Å²) < 4.78 is 4.35. The summed E-state index contributed by atoms with van der Waals surface area (Å²) in [4.78, 5) is 4.47. The molecule has 0 radical (unpaired) electrons. The van der Waals surface area contributed by atoms with Gasteiger partial charge < -0.3 is 11.1 Å². The Labute approximate surface area is 87.1 Å². The second kappa shape index (κ2) is 3.17. The Morgan fingerprint density at radius 3 is 2.79 bits per heavy atom. The molecule has 2 fully saturated rings. The highest BCUT2D eigenvalue weighted by molar-refractivity contribution is 7.09. The molecule has 0 atom stereocenters. The van der Waals surface area contributed by atoms with E-state index in [2.05, 4.69) is 14.7 Å². The molecule has 76 valence electrons. The molecule has 5 heteroatoms. The summed E-state index contributed by atoms with van der Waals surface area (Å²) in [6, 6.07) is 0.924. The van der Waals surface area contributed by atoms with Crippen LogP contribution >= 0.6 is 11.5 Å². The first-order chi connectivity index (χ1) is 6.81. The zero-order chi connectivity index (χ0) is 9.54. The third-order valence-electron chi connectivity index (χ3n) is 2.89. The molecule has 2 aliphatic carbocycles. The van der Waals surface area contributed by atoms with Gasteiger partial charge in [0.15, 0.2) is 0 Å². The van der Waals surface area contributed by atoms with E-state index in [4.69, 9.17) is 5.73 Å². The van der Waals surface area contributed by atoms with Gasteiger partial charge in [-0.3, -0.25) is 0 Å². The number of hydrogen-bond donors (Lipinski definition) is 2. The van der Waals surface area contributed by atoms with E-state index in [0.717, 1.165) is 23.8 Å². The summed E-state index contributed by atoms with van der Waals surface area (Å²) in [6.07, 6.45) is 4.67. The van der Waals surface area contributed by atoms with Gasteiger partial charge in [0.25, 0.3) is 0 Å². The molecule has 3 rings (SSSR count). The van der Waals surface area contributed by atoms with Gasteiger partial charge in [0.05, 0.1) is 0 Å². The van der Waals surface area contributed by atoms with Crippen LogP contribution in [0.3, 0.4) is 0 Å². The quantitative estimate of drug-likeness (QED) is 0.789. The molecule has 1 aromatic rings. The van der Waals surface area contributed by atoms with E-state index in [1.54, 1.807) is 0 Å². The number of nitrogens with two attached hydrogens (primary N) is 1. The average molecular weight is 210 g/mol. The SMILES string of the molecule is NC1CC(Nc2nc(C3CC3)ns2)C1. The maximum Gasteiger partial charge on any atom is 0.202 e. The molecule has 0 unspecified atom stereocenters. The molecule has 3 N–H and O–H groups in total. The highest BCUT2D eigenvalue weighted by Gasteiger charge is 2.29. The lowest BCUT2D eigenvalue weighted by Crippen LogP contribution is -2.44. The summed E-state index contributed by atoms with van der Waals surface area (Å²) >= 11 is 1.48. The van der Waals surface area contributed by atoms with Gasteiger partial charge in [-0.05, 0) is 25.7 Å². The number of hydrogen-bond acceptors (Lipinski definition) is 5. The first-order valence-corrected chi connectivity index (χ1v) is 5.94. The largest absolute Gasteiger partial charge is 0.357 e. The fraction of sp³-hybridized carbons (Fsp3) is 0.778. The van der Waals surface area contributed by atoms with Gasteiger partial charge in [-0.25, -0.2) is 4.98 Å². The lowest BCUT2D eigenvalue weighted by atomic mass is 9.88. The predicted octanol–water partition coefficient (Wildman–Crippen LogP) is 1.32. The Bertz CT molecular complexity index is 327.